The molecular weight excluding hydrogens is 216 g/mol. The number of thiazole rings is 1. The summed E-state index contributed by atoms with van der Waals surface area (Å²) in [5.74, 6) is 1.07. The van der Waals surface area contributed by atoms with Crippen LogP contribution in [0, 0.1) is 0 Å². The predicted molar refractivity (Wildman–Crippen MR) is 72.3 cm³/mol. The van der Waals surface area contributed by atoms with E-state index in [0.717, 1.165) is 13.1 Å². The van der Waals surface area contributed by atoms with Gasteiger partial charge in [-0.25, -0.2) is 4.98 Å². The summed E-state index contributed by atoms with van der Waals surface area (Å²) in [7, 11) is 0. The monoisotopic (exact) mass is 240 g/mol. The van der Waals surface area contributed by atoms with Crippen LogP contribution >= 0.6 is 11.3 Å². The van der Waals surface area contributed by atoms with Crippen LogP contribution in [0.4, 0.5) is 0 Å². The Hall–Kier alpha value is -0.410. The SMILES string of the molecule is CCCNCc1sc(C(C)C)nc1C(C)C. The first-order valence-electron chi connectivity index (χ1n) is 6.26. The number of hydrogen-bond acceptors (Lipinski definition) is 3. The minimum absolute atomic E-state index is 0.530. The van der Waals surface area contributed by atoms with Gasteiger partial charge < -0.3 is 5.32 Å². The van der Waals surface area contributed by atoms with Crippen molar-refractivity contribution >= 4 is 11.3 Å². The lowest BCUT2D eigenvalue weighted by molar-refractivity contribution is 0.669. The molecule has 0 aliphatic rings. The van der Waals surface area contributed by atoms with Crippen LogP contribution in [-0.2, 0) is 6.54 Å². The van der Waals surface area contributed by atoms with Crippen molar-refractivity contribution in [3.8, 4) is 0 Å². The molecule has 3 heteroatoms. The first-order valence-corrected chi connectivity index (χ1v) is 7.08. The van der Waals surface area contributed by atoms with E-state index in [1.165, 1.54) is 22.0 Å². The Balaban J connectivity index is 2.79. The fraction of sp³-hybridized carbons (Fsp3) is 0.769. The van der Waals surface area contributed by atoms with Crippen LogP contribution in [0.2, 0.25) is 0 Å². The molecule has 0 bridgehead atoms. The van der Waals surface area contributed by atoms with Crippen LogP contribution in [-0.4, -0.2) is 11.5 Å². The van der Waals surface area contributed by atoms with Gasteiger partial charge in [0, 0.05) is 17.3 Å². The molecule has 0 amide bonds. The van der Waals surface area contributed by atoms with E-state index in [1.807, 2.05) is 11.3 Å². The Bertz CT molecular complexity index is 316. The summed E-state index contributed by atoms with van der Waals surface area (Å²) in [5, 5.41) is 4.74. The van der Waals surface area contributed by atoms with Crippen molar-refractivity contribution in [1.29, 1.82) is 0 Å². The Morgan fingerprint density at radius 1 is 1.19 bits per heavy atom. The topological polar surface area (TPSA) is 24.9 Å². The Kier molecular flexibility index (Phi) is 5.42. The Morgan fingerprint density at radius 2 is 1.88 bits per heavy atom. The zero-order valence-corrected chi connectivity index (χ0v) is 11.9. The molecule has 16 heavy (non-hydrogen) atoms. The van der Waals surface area contributed by atoms with Gasteiger partial charge in [0.25, 0.3) is 0 Å². The van der Waals surface area contributed by atoms with E-state index in [-0.39, 0.29) is 0 Å². The van der Waals surface area contributed by atoms with Gasteiger partial charge in [0.15, 0.2) is 0 Å². The van der Waals surface area contributed by atoms with Crippen LogP contribution in [0.3, 0.4) is 0 Å². The zero-order valence-electron chi connectivity index (χ0n) is 11.1. The Morgan fingerprint density at radius 3 is 2.38 bits per heavy atom. The molecule has 0 radical (unpaired) electrons. The molecule has 1 heterocycles. The maximum atomic E-state index is 4.77. The van der Waals surface area contributed by atoms with Gasteiger partial charge in [-0.15, -0.1) is 11.3 Å². The van der Waals surface area contributed by atoms with E-state index in [2.05, 4.69) is 39.9 Å². The maximum absolute atomic E-state index is 4.77. The largest absolute Gasteiger partial charge is 0.312 e. The fourth-order valence-corrected chi connectivity index (χ4v) is 2.78. The highest BCUT2D eigenvalue weighted by atomic mass is 32.1. The second kappa shape index (κ2) is 6.36. The highest BCUT2D eigenvalue weighted by Crippen LogP contribution is 2.29. The second-order valence-electron chi connectivity index (χ2n) is 4.85. The molecule has 0 aromatic carbocycles. The fourth-order valence-electron chi connectivity index (χ4n) is 1.59. The van der Waals surface area contributed by atoms with Gasteiger partial charge in [-0.05, 0) is 18.9 Å². The van der Waals surface area contributed by atoms with Gasteiger partial charge in [-0.2, -0.15) is 0 Å². The van der Waals surface area contributed by atoms with E-state index >= 15 is 0 Å². The van der Waals surface area contributed by atoms with Gasteiger partial charge in [-0.3, -0.25) is 0 Å². The molecule has 0 saturated carbocycles. The van der Waals surface area contributed by atoms with E-state index in [9.17, 15) is 0 Å². The summed E-state index contributed by atoms with van der Waals surface area (Å²) in [6.07, 6.45) is 1.19. The molecule has 2 nitrogen and oxygen atoms in total. The average Bonchev–Trinajstić information content (AvgIpc) is 2.62. The van der Waals surface area contributed by atoms with Gasteiger partial charge in [0.1, 0.15) is 0 Å². The number of rotatable bonds is 6. The van der Waals surface area contributed by atoms with E-state index in [4.69, 9.17) is 4.98 Å². The first kappa shape index (κ1) is 13.7. The number of nitrogens with zero attached hydrogens (tertiary/aromatic N) is 1. The van der Waals surface area contributed by atoms with Crippen LogP contribution in [0.1, 0.15) is 68.5 Å². The third-order valence-electron chi connectivity index (χ3n) is 2.50. The molecule has 0 saturated heterocycles. The molecule has 0 spiro atoms. The van der Waals surface area contributed by atoms with Crippen LogP contribution < -0.4 is 5.32 Å². The average molecular weight is 240 g/mol. The Labute approximate surface area is 103 Å². The predicted octanol–water partition coefficient (Wildman–Crippen LogP) is 3.89. The van der Waals surface area contributed by atoms with Crippen LogP contribution in [0.15, 0.2) is 0 Å². The summed E-state index contributed by atoms with van der Waals surface area (Å²) in [6, 6.07) is 0. The summed E-state index contributed by atoms with van der Waals surface area (Å²) < 4.78 is 0. The molecule has 1 rings (SSSR count). The van der Waals surface area contributed by atoms with Crippen molar-refractivity contribution in [1.82, 2.24) is 10.3 Å². The molecule has 0 fully saturated rings. The van der Waals surface area contributed by atoms with Crippen LogP contribution in [0.5, 0.6) is 0 Å². The van der Waals surface area contributed by atoms with Crippen molar-refractivity contribution in [2.24, 2.45) is 0 Å². The molecule has 0 aliphatic heterocycles. The standard InChI is InChI=1S/C13H24N2S/c1-6-7-14-8-11-12(9(2)3)15-13(16-11)10(4)5/h9-10,14H,6-8H2,1-5H3. The molecule has 0 unspecified atom stereocenters. The molecular formula is C13H24N2S. The normalized spacial score (nSPS) is 11.7. The van der Waals surface area contributed by atoms with Gasteiger partial charge in [0.2, 0.25) is 0 Å². The van der Waals surface area contributed by atoms with Gasteiger partial charge >= 0.3 is 0 Å². The van der Waals surface area contributed by atoms with E-state index in [1.54, 1.807) is 0 Å². The quantitative estimate of drug-likeness (QED) is 0.763. The van der Waals surface area contributed by atoms with Crippen molar-refractivity contribution in [3.63, 3.8) is 0 Å². The van der Waals surface area contributed by atoms with Gasteiger partial charge in [0.05, 0.1) is 10.7 Å². The van der Waals surface area contributed by atoms with E-state index in [0.29, 0.717) is 11.8 Å². The summed E-state index contributed by atoms with van der Waals surface area (Å²) in [4.78, 5) is 6.19. The highest BCUT2D eigenvalue weighted by molar-refractivity contribution is 7.11. The first-order chi connectivity index (χ1) is 7.56. The zero-order chi connectivity index (χ0) is 12.1. The molecule has 1 aromatic rings. The third-order valence-corrected chi connectivity index (χ3v) is 3.87. The lowest BCUT2D eigenvalue weighted by Gasteiger charge is -2.05. The van der Waals surface area contributed by atoms with Crippen LogP contribution in [0.25, 0.3) is 0 Å². The number of aromatic nitrogens is 1. The number of hydrogen-bond donors (Lipinski definition) is 1. The third kappa shape index (κ3) is 3.56. The summed E-state index contributed by atoms with van der Waals surface area (Å²) in [5.41, 5.74) is 1.29. The van der Waals surface area contributed by atoms with Crippen molar-refractivity contribution in [2.45, 2.75) is 59.4 Å². The molecule has 0 atom stereocenters. The smallest absolute Gasteiger partial charge is 0.0957 e. The van der Waals surface area contributed by atoms with Gasteiger partial charge in [-0.1, -0.05) is 34.6 Å². The molecule has 92 valence electrons. The summed E-state index contributed by atoms with van der Waals surface area (Å²) >= 11 is 1.87. The van der Waals surface area contributed by atoms with Crippen molar-refractivity contribution in [3.05, 3.63) is 15.6 Å². The molecule has 1 aromatic heterocycles. The maximum Gasteiger partial charge on any atom is 0.0957 e. The number of nitrogens with one attached hydrogen (secondary N) is 1. The minimum Gasteiger partial charge on any atom is -0.312 e. The summed E-state index contributed by atoms with van der Waals surface area (Å²) in [6.45, 7) is 13.1. The highest BCUT2D eigenvalue weighted by Gasteiger charge is 2.15. The minimum atomic E-state index is 0.530. The van der Waals surface area contributed by atoms with Crippen molar-refractivity contribution in [2.75, 3.05) is 6.54 Å². The molecule has 1 N–H and O–H groups in total. The molecule has 0 aliphatic carbocycles. The lowest BCUT2D eigenvalue weighted by Crippen LogP contribution is -2.14. The van der Waals surface area contributed by atoms with E-state index < -0.39 is 0 Å². The second-order valence-corrected chi connectivity index (χ2v) is 5.96. The lowest BCUT2D eigenvalue weighted by atomic mass is 10.1. The van der Waals surface area contributed by atoms with Crippen molar-refractivity contribution < 1.29 is 0 Å².